The van der Waals surface area contributed by atoms with Gasteiger partial charge in [0, 0.05) is 6.20 Å². The van der Waals surface area contributed by atoms with E-state index in [0.717, 1.165) is 18.4 Å². The molecular formula is C13H15N3O4S. The number of hydrogen-bond acceptors (Lipinski definition) is 4. The van der Waals surface area contributed by atoms with Crippen molar-refractivity contribution in [1.29, 1.82) is 0 Å². The van der Waals surface area contributed by atoms with E-state index in [-0.39, 0.29) is 16.5 Å². The number of nitrogens with one attached hydrogen (secondary N) is 1. The number of sulfone groups is 1. The average Bonchev–Trinajstić information content (AvgIpc) is 3.19. The van der Waals surface area contributed by atoms with Crippen LogP contribution < -0.4 is 5.32 Å². The van der Waals surface area contributed by atoms with Crippen molar-refractivity contribution >= 4 is 27.3 Å². The van der Waals surface area contributed by atoms with Crippen LogP contribution >= 0.6 is 0 Å². The third-order valence-electron chi connectivity index (χ3n) is 3.57. The van der Waals surface area contributed by atoms with Crippen LogP contribution in [-0.2, 0) is 9.84 Å². The Kier molecular flexibility index (Phi) is 3.12. The lowest BCUT2D eigenvalue weighted by Gasteiger charge is -2.03. The molecule has 0 unspecified atom stereocenters. The zero-order valence-electron chi connectivity index (χ0n) is 11.4. The molecule has 2 heterocycles. The van der Waals surface area contributed by atoms with Crippen molar-refractivity contribution in [3.8, 4) is 0 Å². The van der Waals surface area contributed by atoms with Gasteiger partial charge in [-0.05, 0) is 30.4 Å². The van der Waals surface area contributed by atoms with Crippen molar-refractivity contribution in [1.82, 2.24) is 9.61 Å². The second kappa shape index (κ2) is 4.73. The van der Waals surface area contributed by atoms with Gasteiger partial charge in [0.25, 0.3) is 0 Å². The topological polar surface area (TPSA) is 101 Å². The minimum absolute atomic E-state index is 0.0604. The maximum absolute atomic E-state index is 12.2. The first-order valence-electron chi connectivity index (χ1n) is 6.67. The molecule has 0 radical (unpaired) electrons. The monoisotopic (exact) mass is 309 g/mol. The number of carbonyl (C=O) groups is 1. The molecule has 0 atom stereocenters. The Morgan fingerprint density at radius 1 is 1.48 bits per heavy atom. The number of pyridine rings is 1. The highest BCUT2D eigenvalue weighted by Gasteiger charge is 2.28. The summed E-state index contributed by atoms with van der Waals surface area (Å²) >= 11 is 0. The summed E-state index contributed by atoms with van der Waals surface area (Å²) in [5.74, 6) is 0.241. The Hall–Kier alpha value is -2.09. The highest BCUT2D eigenvalue weighted by molar-refractivity contribution is 7.91. The third kappa shape index (κ3) is 2.46. The van der Waals surface area contributed by atoms with Crippen molar-refractivity contribution < 1.29 is 18.3 Å². The zero-order valence-corrected chi connectivity index (χ0v) is 12.2. The first-order valence-corrected chi connectivity index (χ1v) is 8.32. The zero-order chi connectivity index (χ0) is 15.2. The lowest BCUT2D eigenvalue weighted by atomic mass is 10.2. The van der Waals surface area contributed by atoms with E-state index in [1.54, 1.807) is 12.3 Å². The number of hydrogen-bond donors (Lipinski definition) is 2. The second-order valence-corrected chi connectivity index (χ2v) is 7.29. The fourth-order valence-electron chi connectivity index (χ4n) is 2.33. The summed E-state index contributed by atoms with van der Waals surface area (Å²) in [5, 5.41) is 15.0. The molecule has 3 rings (SSSR count). The van der Waals surface area contributed by atoms with E-state index in [1.807, 2.05) is 6.07 Å². The Bertz CT molecular complexity index is 821. The third-order valence-corrected chi connectivity index (χ3v) is 5.36. The number of nitrogens with zero attached hydrogens (tertiary/aromatic N) is 2. The molecule has 1 aliphatic carbocycles. The first kappa shape index (κ1) is 13.9. The molecule has 0 spiro atoms. The Morgan fingerprint density at radius 2 is 2.19 bits per heavy atom. The van der Waals surface area contributed by atoms with Gasteiger partial charge in [-0.15, -0.1) is 5.10 Å². The van der Waals surface area contributed by atoms with E-state index in [9.17, 15) is 13.2 Å². The smallest absolute Gasteiger partial charge is 0.410 e. The van der Waals surface area contributed by atoms with Crippen molar-refractivity contribution in [2.75, 3.05) is 11.1 Å². The SMILES string of the molecule is CCS(=O)(=O)c1c(NC(=O)O)nn2cc(C3CC3)ccc12. The van der Waals surface area contributed by atoms with E-state index in [1.165, 1.54) is 11.4 Å². The maximum atomic E-state index is 12.2. The average molecular weight is 309 g/mol. The number of aromatic nitrogens is 2. The molecule has 2 aromatic rings. The van der Waals surface area contributed by atoms with Crippen molar-refractivity contribution in [3.63, 3.8) is 0 Å². The molecule has 0 aliphatic heterocycles. The van der Waals surface area contributed by atoms with Gasteiger partial charge < -0.3 is 5.11 Å². The molecule has 0 bridgehead atoms. The molecular weight excluding hydrogens is 294 g/mol. The minimum atomic E-state index is -3.58. The molecule has 1 fully saturated rings. The summed E-state index contributed by atoms with van der Waals surface area (Å²) in [6.45, 7) is 1.52. The molecule has 2 N–H and O–H groups in total. The summed E-state index contributed by atoms with van der Waals surface area (Å²) in [5.41, 5.74) is 1.48. The molecule has 21 heavy (non-hydrogen) atoms. The van der Waals surface area contributed by atoms with E-state index in [2.05, 4.69) is 10.4 Å². The van der Waals surface area contributed by atoms with E-state index >= 15 is 0 Å². The fraction of sp³-hybridized carbons (Fsp3) is 0.385. The van der Waals surface area contributed by atoms with Crippen LogP contribution in [0.15, 0.2) is 23.2 Å². The van der Waals surface area contributed by atoms with Crippen LogP contribution in [0.2, 0.25) is 0 Å². The molecule has 112 valence electrons. The van der Waals surface area contributed by atoms with Gasteiger partial charge in [-0.1, -0.05) is 13.0 Å². The molecule has 1 amide bonds. The second-order valence-electron chi connectivity index (χ2n) is 5.08. The Balaban J connectivity index is 2.22. The van der Waals surface area contributed by atoms with Gasteiger partial charge in [0.2, 0.25) is 0 Å². The van der Waals surface area contributed by atoms with E-state index in [0.29, 0.717) is 11.4 Å². The number of amides is 1. The molecule has 1 aliphatic rings. The van der Waals surface area contributed by atoms with Crippen LogP contribution in [0.5, 0.6) is 0 Å². The van der Waals surface area contributed by atoms with Crippen LogP contribution in [0.1, 0.15) is 31.2 Å². The summed E-state index contributed by atoms with van der Waals surface area (Å²) in [6, 6.07) is 3.57. The minimum Gasteiger partial charge on any atom is -0.465 e. The van der Waals surface area contributed by atoms with Gasteiger partial charge in [-0.2, -0.15) is 0 Å². The molecule has 0 aromatic carbocycles. The van der Waals surface area contributed by atoms with Crippen LogP contribution in [0.3, 0.4) is 0 Å². The quantitative estimate of drug-likeness (QED) is 0.900. The van der Waals surface area contributed by atoms with Gasteiger partial charge in [0.05, 0.1) is 11.3 Å². The molecule has 8 heteroatoms. The summed E-state index contributed by atoms with van der Waals surface area (Å²) in [4.78, 5) is 10.8. The fourth-order valence-corrected chi connectivity index (χ4v) is 3.49. The highest BCUT2D eigenvalue weighted by atomic mass is 32.2. The van der Waals surface area contributed by atoms with E-state index < -0.39 is 15.9 Å². The highest BCUT2D eigenvalue weighted by Crippen LogP contribution is 2.40. The predicted octanol–water partition coefficient (Wildman–Crippen LogP) is 2.10. The van der Waals surface area contributed by atoms with Crippen LogP contribution in [0.25, 0.3) is 5.52 Å². The lowest BCUT2D eigenvalue weighted by Crippen LogP contribution is -2.12. The Morgan fingerprint density at radius 3 is 2.76 bits per heavy atom. The standard InChI is InChI=1S/C13H15N3O4S/c1-2-21(19,20)11-10-6-5-9(8-3-4-8)7-16(10)15-12(11)14-13(17)18/h5-8H,2-4H2,1H3,(H,14,15)(H,17,18). The number of rotatable bonds is 4. The molecule has 7 nitrogen and oxygen atoms in total. The lowest BCUT2D eigenvalue weighted by molar-refractivity contribution is 0.209. The van der Waals surface area contributed by atoms with Gasteiger partial charge in [0.1, 0.15) is 4.90 Å². The number of carboxylic acid groups (broad SMARTS) is 1. The van der Waals surface area contributed by atoms with Crippen LogP contribution in [0, 0.1) is 0 Å². The van der Waals surface area contributed by atoms with Crippen LogP contribution in [0.4, 0.5) is 10.6 Å². The molecule has 0 saturated heterocycles. The summed E-state index contributed by atoms with van der Waals surface area (Å²) in [6.07, 6.45) is 2.67. The van der Waals surface area contributed by atoms with Crippen molar-refractivity contribution in [2.45, 2.75) is 30.6 Å². The van der Waals surface area contributed by atoms with Gasteiger partial charge in [-0.25, -0.2) is 17.7 Å². The number of fused-ring (bicyclic) bond motifs is 1. The summed E-state index contributed by atoms with van der Waals surface area (Å²) < 4.78 is 25.9. The Labute approximate surface area is 121 Å². The normalized spacial score (nSPS) is 15.3. The van der Waals surface area contributed by atoms with E-state index in [4.69, 9.17) is 5.11 Å². The van der Waals surface area contributed by atoms with Gasteiger partial charge >= 0.3 is 6.09 Å². The van der Waals surface area contributed by atoms with Gasteiger partial charge in [-0.3, -0.25) is 5.32 Å². The largest absolute Gasteiger partial charge is 0.465 e. The summed E-state index contributed by atoms with van der Waals surface area (Å²) in [7, 11) is -3.58. The van der Waals surface area contributed by atoms with Crippen LogP contribution in [-0.4, -0.2) is 35.0 Å². The molecule has 1 saturated carbocycles. The number of anilines is 1. The maximum Gasteiger partial charge on any atom is 0.410 e. The van der Waals surface area contributed by atoms with Crippen molar-refractivity contribution in [3.05, 3.63) is 23.9 Å². The van der Waals surface area contributed by atoms with Crippen molar-refractivity contribution in [2.24, 2.45) is 0 Å². The predicted molar refractivity (Wildman–Crippen MR) is 76.5 cm³/mol. The van der Waals surface area contributed by atoms with Gasteiger partial charge in [0.15, 0.2) is 15.7 Å². The molecule has 2 aromatic heterocycles. The first-order chi connectivity index (χ1) is 9.92.